The maximum Gasteiger partial charge on any atom is 0.335 e. The van der Waals surface area contributed by atoms with Crippen LogP contribution in [0.15, 0.2) is 48.0 Å². The number of amides is 4. The van der Waals surface area contributed by atoms with Crippen LogP contribution in [0.3, 0.4) is 0 Å². The van der Waals surface area contributed by atoms with Crippen LogP contribution in [0.5, 0.6) is 17.2 Å². The van der Waals surface area contributed by atoms with Crippen LogP contribution in [-0.2, 0) is 9.59 Å². The van der Waals surface area contributed by atoms with E-state index in [0.717, 1.165) is 29.9 Å². The molecule has 0 aliphatic carbocycles. The fraction of sp³-hybridized carbons (Fsp3) is 0.370. The number of nitrogens with zero attached hydrogens (tertiary/aromatic N) is 1. The highest BCUT2D eigenvalue weighted by atomic mass is 16.5. The molecular formula is C27H32N2O6. The van der Waals surface area contributed by atoms with Gasteiger partial charge in [0, 0.05) is 6.07 Å². The molecule has 8 nitrogen and oxygen atoms in total. The van der Waals surface area contributed by atoms with Gasteiger partial charge in [-0.25, -0.2) is 9.69 Å². The first-order chi connectivity index (χ1) is 17.0. The number of urea groups is 1. The average molecular weight is 481 g/mol. The van der Waals surface area contributed by atoms with Crippen LogP contribution in [0.2, 0.25) is 0 Å². The molecule has 0 bridgehead atoms. The third-order valence-corrected chi connectivity index (χ3v) is 5.43. The molecule has 186 valence electrons. The van der Waals surface area contributed by atoms with Gasteiger partial charge in [-0.05, 0) is 48.7 Å². The summed E-state index contributed by atoms with van der Waals surface area (Å²) < 4.78 is 16.7. The summed E-state index contributed by atoms with van der Waals surface area (Å²) in [5.74, 6) is 0.130. The third-order valence-electron chi connectivity index (χ3n) is 5.43. The second kappa shape index (κ2) is 12.6. The number of unbranched alkanes of at least 4 members (excludes halogenated alkanes) is 3. The molecule has 1 N–H and O–H groups in total. The fourth-order valence-corrected chi connectivity index (χ4v) is 3.56. The van der Waals surface area contributed by atoms with Gasteiger partial charge >= 0.3 is 6.03 Å². The molecule has 1 fully saturated rings. The van der Waals surface area contributed by atoms with Crippen molar-refractivity contribution in [1.29, 1.82) is 0 Å². The quantitative estimate of drug-likeness (QED) is 0.258. The van der Waals surface area contributed by atoms with E-state index in [2.05, 4.69) is 12.2 Å². The van der Waals surface area contributed by atoms with Crippen LogP contribution < -0.4 is 24.4 Å². The first-order valence-corrected chi connectivity index (χ1v) is 11.9. The van der Waals surface area contributed by atoms with Gasteiger partial charge < -0.3 is 14.2 Å². The van der Waals surface area contributed by atoms with E-state index in [1.165, 1.54) is 32.1 Å². The molecule has 2 aromatic rings. The zero-order valence-electron chi connectivity index (χ0n) is 20.5. The molecule has 35 heavy (non-hydrogen) atoms. The monoisotopic (exact) mass is 480 g/mol. The van der Waals surface area contributed by atoms with Crippen LogP contribution in [0.4, 0.5) is 10.5 Å². The summed E-state index contributed by atoms with van der Waals surface area (Å²) >= 11 is 0. The Labute approximate surface area is 205 Å². The smallest absolute Gasteiger partial charge is 0.335 e. The number of nitrogens with one attached hydrogen (secondary N) is 1. The molecule has 8 heteroatoms. The summed E-state index contributed by atoms with van der Waals surface area (Å²) in [6.45, 7) is 5.29. The fourth-order valence-electron chi connectivity index (χ4n) is 3.56. The van der Waals surface area contributed by atoms with E-state index >= 15 is 0 Å². The topological polar surface area (TPSA) is 94.2 Å². The molecule has 0 atom stereocenters. The molecule has 0 radical (unpaired) electrons. The van der Waals surface area contributed by atoms with E-state index in [4.69, 9.17) is 14.2 Å². The van der Waals surface area contributed by atoms with E-state index in [1.54, 1.807) is 36.4 Å². The predicted octanol–water partition coefficient (Wildman–Crippen LogP) is 5.11. The van der Waals surface area contributed by atoms with Crippen molar-refractivity contribution in [1.82, 2.24) is 5.32 Å². The van der Waals surface area contributed by atoms with E-state index in [0.29, 0.717) is 30.3 Å². The highest BCUT2D eigenvalue weighted by Crippen LogP contribution is 2.33. The number of hydrogen-bond acceptors (Lipinski definition) is 6. The lowest BCUT2D eigenvalue weighted by Gasteiger charge is -2.27. The summed E-state index contributed by atoms with van der Waals surface area (Å²) in [5, 5.41) is 2.23. The Morgan fingerprint density at radius 3 is 2.31 bits per heavy atom. The average Bonchev–Trinajstić information content (AvgIpc) is 2.86. The van der Waals surface area contributed by atoms with Crippen LogP contribution >= 0.6 is 0 Å². The number of barbiturate groups is 1. The molecule has 0 saturated carbocycles. The zero-order chi connectivity index (χ0) is 25.2. The highest BCUT2D eigenvalue weighted by molar-refractivity contribution is 6.39. The molecular weight excluding hydrogens is 448 g/mol. The van der Waals surface area contributed by atoms with Crippen molar-refractivity contribution in [3.8, 4) is 17.2 Å². The Kier molecular flexibility index (Phi) is 9.29. The largest absolute Gasteiger partial charge is 0.494 e. The minimum absolute atomic E-state index is 0.150. The summed E-state index contributed by atoms with van der Waals surface area (Å²) in [5.41, 5.74) is 0.749. The number of carbonyl (C=O) groups is 3. The number of carbonyl (C=O) groups excluding carboxylic acids is 3. The van der Waals surface area contributed by atoms with Gasteiger partial charge in [-0.15, -0.1) is 0 Å². The van der Waals surface area contributed by atoms with Crippen molar-refractivity contribution >= 4 is 29.6 Å². The number of hydrogen-bond donors (Lipinski definition) is 1. The number of methoxy groups -OCH3 is 1. The molecule has 0 aromatic heterocycles. The number of ether oxygens (including phenoxy) is 3. The predicted molar refractivity (Wildman–Crippen MR) is 134 cm³/mol. The van der Waals surface area contributed by atoms with E-state index in [1.807, 2.05) is 6.92 Å². The normalized spacial score (nSPS) is 14.8. The van der Waals surface area contributed by atoms with Gasteiger partial charge in [0.1, 0.15) is 11.3 Å². The standard InChI is InChI=1S/C27H32N2O6/c1-4-6-7-8-16-34-21-12-9-19(10-13-21)17-22-25(30)28-27(32)29(26(22)31)20-11-14-23(35-15-5-2)24(18-20)33-3/h9-14,17-18H,4-8,15-16H2,1-3H3,(H,28,30,32)/b22-17-. The lowest BCUT2D eigenvalue weighted by Crippen LogP contribution is -2.54. The number of anilines is 1. The maximum absolute atomic E-state index is 13.2. The van der Waals surface area contributed by atoms with Gasteiger partial charge in [0.25, 0.3) is 11.8 Å². The molecule has 1 aliphatic heterocycles. The minimum Gasteiger partial charge on any atom is -0.494 e. The van der Waals surface area contributed by atoms with Crippen molar-refractivity contribution in [2.24, 2.45) is 0 Å². The first kappa shape index (κ1) is 25.8. The minimum atomic E-state index is -0.826. The zero-order valence-corrected chi connectivity index (χ0v) is 20.5. The number of rotatable bonds is 12. The summed E-state index contributed by atoms with van der Waals surface area (Å²) in [6.07, 6.45) is 6.76. The summed E-state index contributed by atoms with van der Waals surface area (Å²) in [7, 11) is 1.48. The van der Waals surface area contributed by atoms with E-state index in [-0.39, 0.29) is 11.3 Å². The molecule has 1 aliphatic rings. The van der Waals surface area contributed by atoms with Gasteiger partial charge in [0.2, 0.25) is 0 Å². The Morgan fingerprint density at radius 2 is 1.63 bits per heavy atom. The molecule has 3 rings (SSSR count). The van der Waals surface area contributed by atoms with Crippen LogP contribution in [0, 0.1) is 0 Å². The SMILES string of the molecule is CCCCCCOc1ccc(/C=C2/C(=O)NC(=O)N(c3ccc(OCCC)c(OC)c3)C2=O)cc1. The Hall–Kier alpha value is -3.81. The molecule has 4 amide bonds. The lowest BCUT2D eigenvalue weighted by atomic mass is 10.1. The Bertz CT molecular complexity index is 1080. The molecule has 0 spiro atoms. The summed E-state index contributed by atoms with van der Waals surface area (Å²) in [4.78, 5) is 39.1. The van der Waals surface area contributed by atoms with Gasteiger partial charge in [0.05, 0.1) is 26.0 Å². The second-order valence-electron chi connectivity index (χ2n) is 8.12. The molecule has 2 aromatic carbocycles. The highest BCUT2D eigenvalue weighted by Gasteiger charge is 2.37. The van der Waals surface area contributed by atoms with Gasteiger partial charge in [-0.1, -0.05) is 45.2 Å². The van der Waals surface area contributed by atoms with Gasteiger partial charge in [0.15, 0.2) is 11.5 Å². The third kappa shape index (κ3) is 6.62. The van der Waals surface area contributed by atoms with Crippen LogP contribution in [0.25, 0.3) is 6.08 Å². The van der Waals surface area contributed by atoms with Crippen molar-refractivity contribution in [2.45, 2.75) is 46.0 Å². The summed E-state index contributed by atoms with van der Waals surface area (Å²) in [6, 6.07) is 11.0. The maximum atomic E-state index is 13.2. The van der Waals surface area contributed by atoms with Crippen molar-refractivity contribution < 1.29 is 28.6 Å². The number of benzene rings is 2. The Balaban J connectivity index is 1.77. The van der Waals surface area contributed by atoms with Crippen molar-refractivity contribution in [2.75, 3.05) is 25.2 Å². The molecule has 1 heterocycles. The van der Waals surface area contributed by atoms with E-state index < -0.39 is 17.8 Å². The molecule has 0 unspecified atom stereocenters. The number of imide groups is 2. The van der Waals surface area contributed by atoms with Crippen molar-refractivity contribution in [3.63, 3.8) is 0 Å². The van der Waals surface area contributed by atoms with Gasteiger partial charge in [-0.3, -0.25) is 14.9 Å². The van der Waals surface area contributed by atoms with Crippen molar-refractivity contribution in [3.05, 3.63) is 53.6 Å². The van der Waals surface area contributed by atoms with Gasteiger partial charge in [-0.2, -0.15) is 0 Å². The Morgan fingerprint density at radius 1 is 0.857 bits per heavy atom. The van der Waals surface area contributed by atoms with Crippen LogP contribution in [0.1, 0.15) is 51.5 Å². The molecule has 1 saturated heterocycles. The second-order valence-corrected chi connectivity index (χ2v) is 8.12. The van der Waals surface area contributed by atoms with Crippen LogP contribution in [-0.4, -0.2) is 38.2 Å². The first-order valence-electron chi connectivity index (χ1n) is 11.9. The van der Waals surface area contributed by atoms with E-state index in [9.17, 15) is 14.4 Å². The lowest BCUT2D eigenvalue weighted by molar-refractivity contribution is -0.122.